The lowest BCUT2D eigenvalue weighted by molar-refractivity contribution is -0.120. The van der Waals surface area contributed by atoms with Crippen LogP contribution in [0, 0.1) is 6.92 Å². The SMILES string of the molecule is Cc1ccc(NCCC(=O)N/N=C/c2ccccc2O)cc1. The number of aryl methyl sites for hydroxylation is 1. The molecule has 0 heterocycles. The van der Waals surface area contributed by atoms with Crippen LogP contribution in [0.1, 0.15) is 17.5 Å². The van der Waals surface area contributed by atoms with Gasteiger partial charge in [-0.2, -0.15) is 5.10 Å². The van der Waals surface area contributed by atoms with Gasteiger partial charge in [-0.05, 0) is 31.2 Å². The Kier molecular flexibility index (Phi) is 5.54. The maximum Gasteiger partial charge on any atom is 0.241 e. The van der Waals surface area contributed by atoms with Gasteiger partial charge < -0.3 is 10.4 Å². The molecule has 0 aliphatic rings. The molecule has 22 heavy (non-hydrogen) atoms. The smallest absolute Gasteiger partial charge is 0.241 e. The zero-order valence-corrected chi connectivity index (χ0v) is 12.4. The summed E-state index contributed by atoms with van der Waals surface area (Å²) in [5.41, 5.74) is 5.17. The van der Waals surface area contributed by atoms with Crippen LogP contribution in [0.5, 0.6) is 5.75 Å². The van der Waals surface area contributed by atoms with Crippen molar-refractivity contribution >= 4 is 17.8 Å². The first-order chi connectivity index (χ1) is 10.6. The molecule has 0 aliphatic heterocycles. The van der Waals surface area contributed by atoms with Crippen LogP contribution in [-0.4, -0.2) is 23.8 Å². The summed E-state index contributed by atoms with van der Waals surface area (Å²) in [6, 6.07) is 14.8. The highest BCUT2D eigenvalue weighted by atomic mass is 16.3. The molecule has 3 N–H and O–H groups in total. The first-order valence-electron chi connectivity index (χ1n) is 7.05. The van der Waals surface area contributed by atoms with Crippen molar-refractivity contribution in [1.82, 2.24) is 5.43 Å². The van der Waals surface area contributed by atoms with Crippen LogP contribution in [0.2, 0.25) is 0 Å². The van der Waals surface area contributed by atoms with Gasteiger partial charge in [0.15, 0.2) is 0 Å². The minimum atomic E-state index is -0.189. The summed E-state index contributed by atoms with van der Waals surface area (Å²) in [7, 11) is 0. The fourth-order valence-corrected chi connectivity index (χ4v) is 1.82. The summed E-state index contributed by atoms with van der Waals surface area (Å²) in [6.45, 7) is 2.56. The van der Waals surface area contributed by atoms with E-state index < -0.39 is 0 Å². The molecule has 0 atom stereocenters. The number of carbonyl (C=O) groups is 1. The molecule has 114 valence electrons. The maximum atomic E-state index is 11.6. The van der Waals surface area contributed by atoms with Crippen molar-refractivity contribution in [1.29, 1.82) is 0 Å². The third-order valence-electron chi connectivity index (χ3n) is 3.06. The number of hydrogen-bond donors (Lipinski definition) is 3. The Bertz CT molecular complexity index is 651. The number of amides is 1. The molecule has 2 aromatic carbocycles. The minimum Gasteiger partial charge on any atom is -0.507 e. The molecule has 0 radical (unpaired) electrons. The average molecular weight is 297 g/mol. The first-order valence-corrected chi connectivity index (χ1v) is 7.05. The van der Waals surface area contributed by atoms with Crippen LogP contribution in [0.25, 0.3) is 0 Å². The zero-order chi connectivity index (χ0) is 15.8. The average Bonchev–Trinajstić information content (AvgIpc) is 2.51. The van der Waals surface area contributed by atoms with Gasteiger partial charge in [0.05, 0.1) is 6.21 Å². The van der Waals surface area contributed by atoms with Crippen molar-refractivity contribution in [2.24, 2.45) is 5.10 Å². The van der Waals surface area contributed by atoms with Crippen LogP contribution in [-0.2, 0) is 4.79 Å². The molecule has 2 aromatic rings. The van der Waals surface area contributed by atoms with E-state index in [4.69, 9.17) is 0 Å². The summed E-state index contributed by atoms with van der Waals surface area (Å²) in [5, 5.41) is 16.5. The molecular formula is C17H19N3O2. The molecule has 5 heteroatoms. The van der Waals surface area contributed by atoms with Crippen molar-refractivity contribution in [3.8, 4) is 5.75 Å². The number of nitrogens with one attached hydrogen (secondary N) is 2. The Morgan fingerprint density at radius 3 is 2.64 bits per heavy atom. The Balaban J connectivity index is 1.72. The van der Waals surface area contributed by atoms with Crippen LogP contribution in [0.3, 0.4) is 0 Å². The van der Waals surface area contributed by atoms with E-state index >= 15 is 0 Å². The predicted octanol–water partition coefficient (Wildman–Crippen LogP) is 2.65. The molecule has 5 nitrogen and oxygen atoms in total. The number of anilines is 1. The fraction of sp³-hybridized carbons (Fsp3) is 0.176. The lowest BCUT2D eigenvalue weighted by Gasteiger charge is -2.05. The molecule has 2 rings (SSSR count). The van der Waals surface area contributed by atoms with E-state index in [9.17, 15) is 9.90 Å². The predicted molar refractivity (Wildman–Crippen MR) is 88.1 cm³/mol. The van der Waals surface area contributed by atoms with E-state index in [1.165, 1.54) is 11.8 Å². The first kappa shape index (κ1) is 15.6. The second kappa shape index (κ2) is 7.83. The van der Waals surface area contributed by atoms with Gasteiger partial charge in [0, 0.05) is 24.2 Å². The highest BCUT2D eigenvalue weighted by molar-refractivity contribution is 5.85. The summed E-state index contributed by atoms with van der Waals surface area (Å²) in [4.78, 5) is 11.6. The van der Waals surface area contributed by atoms with E-state index in [0.717, 1.165) is 5.69 Å². The van der Waals surface area contributed by atoms with Crippen molar-refractivity contribution in [3.63, 3.8) is 0 Å². The number of aromatic hydroxyl groups is 1. The second-order valence-electron chi connectivity index (χ2n) is 4.89. The fourth-order valence-electron chi connectivity index (χ4n) is 1.82. The standard InChI is InChI=1S/C17H19N3O2/c1-13-6-8-15(9-7-13)18-11-10-17(22)20-19-12-14-4-2-3-5-16(14)21/h2-9,12,18,21H,10-11H2,1H3,(H,20,22)/b19-12+. The van der Waals surface area contributed by atoms with Gasteiger partial charge in [-0.3, -0.25) is 4.79 Å². The summed E-state index contributed by atoms with van der Waals surface area (Å²) in [6.07, 6.45) is 1.73. The largest absolute Gasteiger partial charge is 0.507 e. The van der Waals surface area contributed by atoms with Gasteiger partial charge >= 0.3 is 0 Å². The molecule has 0 bridgehead atoms. The molecule has 0 unspecified atom stereocenters. The van der Waals surface area contributed by atoms with E-state index in [2.05, 4.69) is 15.8 Å². The van der Waals surface area contributed by atoms with E-state index in [1.807, 2.05) is 31.2 Å². The number of carbonyl (C=O) groups excluding carboxylic acids is 1. The molecule has 0 fully saturated rings. The highest BCUT2D eigenvalue weighted by Crippen LogP contribution is 2.12. The quantitative estimate of drug-likeness (QED) is 0.567. The number of benzene rings is 2. The van der Waals surface area contributed by atoms with Crippen molar-refractivity contribution in [2.45, 2.75) is 13.3 Å². The molecule has 0 aromatic heterocycles. The van der Waals surface area contributed by atoms with Crippen LogP contribution < -0.4 is 10.7 Å². The van der Waals surface area contributed by atoms with Gasteiger partial charge in [-0.25, -0.2) is 5.43 Å². The Morgan fingerprint density at radius 1 is 1.18 bits per heavy atom. The molecule has 0 spiro atoms. The number of hydrogen-bond acceptors (Lipinski definition) is 4. The van der Waals surface area contributed by atoms with Gasteiger partial charge in [0.2, 0.25) is 5.91 Å². The van der Waals surface area contributed by atoms with Gasteiger partial charge in [0.1, 0.15) is 5.75 Å². The molecular weight excluding hydrogens is 278 g/mol. The number of para-hydroxylation sites is 1. The van der Waals surface area contributed by atoms with Crippen molar-refractivity contribution in [3.05, 3.63) is 59.7 Å². The Labute approximate surface area is 129 Å². The molecule has 1 amide bonds. The Morgan fingerprint density at radius 2 is 1.91 bits per heavy atom. The number of rotatable bonds is 6. The van der Waals surface area contributed by atoms with E-state index in [0.29, 0.717) is 18.5 Å². The Hall–Kier alpha value is -2.82. The summed E-state index contributed by atoms with van der Waals surface area (Å²) >= 11 is 0. The number of phenolic OH excluding ortho intramolecular Hbond substituents is 1. The van der Waals surface area contributed by atoms with Gasteiger partial charge in [0.25, 0.3) is 0 Å². The van der Waals surface area contributed by atoms with Crippen LogP contribution in [0.4, 0.5) is 5.69 Å². The zero-order valence-electron chi connectivity index (χ0n) is 12.4. The third kappa shape index (κ3) is 4.94. The molecule has 0 saturated heterocycles. The van der Waals surface area contributed by atoms with Crippen molar-refractivity contribution in [2.75, 3.05) is 11.9 Å². The van der Waals surface area contributed by atoms with E-state index in [-0.39, 0.29) is 11.7 Å². The van der Waals surface area contributed by atoms with E-state index in [1.54, 1.807) is 24.3 Å². The molecule has 0 aliphatic carbocycles. The normalized spacial score (nSPS) is 10.6. The number of phenols is 1. The monoisotopic (exact) mass is 297 g/mol. The number of nitrogens with zero attached hydrogens (tertiary/aromatic N) is 1. The second-order valence-corrected chi connectivity index (χ2v) is 4.89. The maximum absolute atomic E-state index is 11.6. The third-order valence-corrected chi connectivity index (χ3v) is 3.06. The van der Waals surface area contributed by atoms with Crippen LogP contribution in [0.15, 0.2) is 53.6 Å². The lowest BCUT2D eigenvalue weighted by Crippen LogP contribution is -2.20. The minimum absolute atomic E-state index is 0.126. The van der Waals surface area contributed by atoms with Crippen molar-refractivity contribution < 1.29 is 9.90 Å². The number of hydrazone groups is 1. The topological polar surface area (TPSA) is 73.7 Å². The van der Waals surface area contributed by atoms with Gasteiger partial charge in [-0.15, -0.1) is 0 Å². The lowest BCUT2D eigenvalue weighted by atomic mass is 10.2. The molecule has 0 saturated carbocycles. The summed E-state index contributed by atoms with van der Waals surface area (Å²) in [5.74, 6) is -0.0622. The summed E-state index contributed by atoms with van der Waals surface area (Å²) < 4.78 is 0. The van der Waals surface area contributed by atoms with Crippen LogP contribution >= 0.6 is 0 Å². The van der Waals surface area contributed by atoms with Gasteiger partial charge in [-0.1, -0.05) is 29.8 Å². The highest BCUT2D eigenvalue weighted by Gasteiger charge is 2.00.